The van der Waals surface area contributed by atoms with Gasteiger partial charge in [-0.1, -0.05) is 0 Å². The summed E-state index contributed by atoms with van der Waals surface area (Å²) in [6.07, 6.45) is 28.8. The molecule has 0 aromatic heterocycles. The molecule has 0 fully saturated rings. The van der Waals surface area contributed by atoms with Crippen molar-refractivity contribution in [1.29, 1.82) is 0 Å². The smallest absolute Gasteiger partial charge is 0.197 e. The Bertz CT molecular complexity index is 594. The third-order valence-corrected chi connectivity index (χ3v) is 3.25. The highest BCUT2D eigenvalue weighted by Crippen LogP contribution is 1.70. The Morgan fingerprint density at radius 3 is 0.656 bits per heavy atom. The lowest BCUT2D eigenvalue weighted by molar-refractivity contribution is -0.671. The molecule has 4 unspecified atom stereocenters. The van der Waals surface area contributed by atoms with Gasteiger partial charge in [-0.3, -0.25) is 0 Å². The molecular formula is C20H28F4N8. The zero-order valence-corrected chi connectivity index (χ0v) is 17.4. The van der Waals surface area contributed by atoms with Crippen molar-refractivity contribution in [2.45, 2.75) is 0 Å². The average Bonchev–Trinajstić information content (AvgIpc) is 3.57. The average molecular weight is 456 g/mol. The molecule has 0 saturated heterocycles. The topological polar surface area (TPSA) is 67.2 Å². The van der Waals surface area contributed by atoms with Crippen LogP contribution in [-0.2, 0) is 0 Å². The van der Waals surface area contributed by atoms with Gasteiger partial charge in [-0.2, -0.15) is 0 Å². The second kappa shape index (κ2) is 23.4. The van der Waals surface area contributed by atoms with E-state index in [0.717, 1.165) is 19.6 Å². The largest absolute Gasteiger partial charge is 1.00 e. The molecule has 12 heteroatoms. The van der Waals surface area contributed by atoms with Crippen LogP contribution in [0.3, 0.4) is 0 Å². The van der Waals surface area contributed by atoms with E-state index in [2.05, 4.69) is 46.3 Å². The Kier molecular flexibility index (Phi) is 26.1. The van der Waals surface area contributed by atoms with Crippen molar-refractivity contribution in [2.24, 2.45) is 20.0 Å². The second-order valence-corrected chi connectivity index (χ2v) is 5.19. The maximum absolute atomic E-state index is 3.82. The first-order valence-corrected chi connectivity index (χ1v) is 8.50. The van der Waals surface area contributed by atoms with Crippen LogP contribution in [0.5, 0.6) is 0 Å². The van der Waals surface area contributed by atoms with Crippen LogP contribution in [0.15, 0.2) is 121 Å². The van der Waals surface area contributed by atoms with E-state index in [-0.39, 0.29) is 18.8 Å². The quantitative estimate of drug-likeness (QED) is 0.304. The van der Waals surface area contributed by atoms with Crippen molar-refractivity contribution in [1.82, 2.24) is 0 Å². The normalized spacial score (nSPS) is 22.8. The summed E-state index contributed by atoms with van der Waals surface area (Å²) in [6, 6.07) is 0. The van der Waals surface area contributed by atoms with Crippen molar-refractivity contribution in [2.75, 3.05) is 0 Å². The van der Waals surface area contributed by atoms with Gasteiger partial charge in [-0.15, -0.1) is 0 Å². The van der Waals surface area contributed by atoms with Crippen molar-refractivity contribution in [3.8, 4) is 0 Å². The molecule has 0 aromatic carbocycles. The zero-order chi connectivity index (χ0) is 20.5. The molecule has 4 aliphatic rings. The maximum Gasteiger partial charge on any atom is 0.197 e. The third-order valence-electron chi connectivity index (χ3n) is 3.25. The van der Waals surface area contributed by atoms with Gasteiger partial charge in [0.25, 0.3) is 0 Å². The van der Waals surface area contributed by atoms with Crippen LogP contribution in [-0.4, -0.2) is 25.4 Å². The summed E-state index contributed by atoms with van der Waals surface area (Å²) in [7, 11) is 0. The second-order valence-electron chi connectivity index (χ2n) is 5.19. The molecule has 0 aliphatic carbocycles. The monoisotopic (exact) mass is 456 g/mol. The molecule has 8 nitrogen and oxygen atoms in total. The maximum atomic E-state index is 3.82. The highest BCUT2D eigenvalue weighted by atomic mass is 19.0. The molecule has 4 heterocycles. The Morgan fingerprint density at radius 2 is 0.594 bits per heavy atom. The van der Waals surface area contributed by atoms with Gasteiger partial charge < -0.3 is 18.8 Å². The van der Waals surface area contributed by atoms with Gasteiger partial charge in [0, 0.05) is 0 Å². The fourth-order valence-corrected chi connectivity index (χ4v) is 1.69. The summed E-state index contributed by atoms with van der Waals surface area (Å²) in [6.45, 7) is 14.3. The molecule has 32 heavy (non-hydrogen) atoms. The zero-order valence-electron chi connectivity index (χ0n) is 17.4. The number of aliphatic imine (C=N–C) groups is 4. The summed E-state index contributed by atoms with van der Waals surface area (Å²) in [4.78, 5) is 19.6. The van der Waals surface area contributed by atoms with E-state index in [0.29, 0.717) is 0 Å². The first-order valence-electron chi connectivity index (χ1n) is 8.50. The summed E-state index contributed by atoms with van der Waals surface area (Å²) < 4.78 is 0. The molecule has 0 bridgehead atoms. The van der Waals surface area contributed by atoms with Crippen LogP contribution in [0, 0.1) is 0 Å². The number of nitrogens with one attached hydrogen (secondary N) is 4. The first kappa shape index (κ1) is 35.6. The van der Waals surface area contributed by atoms with E-state index in [9.17, 15) is 0 Å². The van der Waals surface area contributed by atoms with E-state index in [1.165, 1.54) is 0 Å². The van der Waals surface area contributed by atoms with Gasteiger partial charge in [0.05, 0.1) is 49.6 Å². The van der Waals surface area contributed by atoms with Crippen molar-refractivity contribution in [3.63, 3.8) is 0 Å². The summed E-state index contributed by atoms with van der Waals surface area (Å²) in [5, 5.41) is 0. The number of rotatable bonds is 4. The van der Waals surface area contributed by atoms with Crippen molar-refractivity contribution < 1.29 is 38.4 Å². The molecule has 4 atom stereocenters. The predicted molar refractivity (Wildman–Crippen MR) is 115 cm³/mol. The molecule has 0 saturated carbocycles. The summed E-state index contributed by atoms with van der Waals surface area (Å²) in [5.41, 5.74) is 0. The molecule has 0 amide bonds. The molecule has 176 valence electrons. The van der Waals surface area contributed by atoms with Crippen molar-refractivity contribution in [3.05, 3.63) is 101 Å². The Hall–Kier alpha value is -3.84. The number of hydrogen-bond acceptors (Lipinski definition) is 4. The molecule has 4 rings (SSSR count). The molecular weight excluding hydrogens is 428 g/mol. The van der Waals surface area contributed by atoms with Gasteiger partial charge in [-0.05, 0) is 26.3 Å². The van der Waals surface area contributed by atoms with E-state index >= 15 is 0 Å². The van der Waals surface area contributed by atoms with Crippen LogP contribution in [0.25, 0.3) is 0 Å². The van der Waals surface area contributed by atoms with Crippen LogP contribution >= 0.6 is 0 Å². The van der Waals surface area contributed by atoms with E-state index < -0.39 is 0 Å². The summed E-state index contributed by atoms with van der Waals surface area (Å²) >= 11 is 0. The highest BCUT2D eigenvalue weighted by molar-refractivity contribution is 5.49. The first-order chi connectivity index (χ1) is 13.7. The molecule has 0 spiro atoms. The Labute approximate surface area is 185 Å². The number of quaternary nitrogens is 4. The number of nitrogens with zero attached hydrogens (tertiary/aromatic N) is 4. The van der Waals surface area contributed by atoms with Gasteiger partial charge in [0.2, 0.25) is 0 Å². The van der Waals surface area contributed by atoms with Gasteiger partial charge in [0.1, 0.15) is 24.8 Å². The fourth-order valence-electron chi connectivity index (χ4n) is 1.69. The minimum absolute atomic E-state index is 0. The number of halogens is 4. The Balaban J connectivity index is -0.000000157. The van der Waals surface area contributed by atoms with Crippen LogP contribution < -0.4 is 38.4 Å². The molecule has 0 aromatic rings. The fraction of sp³-hybridized carbons (Fsp3) is 0. The lowest BCUT2D eigenvalue weighted by atomic mass is 10.8. The third kappa shape index (κ3) is 16.0. The predicted octanol–water partition coefficient (Wildman–Crippen LogP) is -13.9. The van der Waals surface area contributed by atoms with E-state index in [1.807, 2.05) is 24.8 Å². The Morgan fingerprint density at radius 1 is 0.406 bits per heavy atom. The SMILES string of the molecule is C=C[NH+]1C=CN=C1.C=C[NH+]1C=CN=C1.C=C[NH+]1C=CN=C1.C=C[NH+]1C=CN=C1.[F-].[F-].[F-].[F-]. The highest BCUT2D eigenvalue weighted by Gasteiger charge is 1.97. The number of hydrogen-bond donors (Lipinski definition) is 4. The van der Waals surface area contributed by atoms with Gasteiger partial charge in [0.15, 0.2) is 25.4 Å². The van der Waals surface area contributed by atoms with Crippen molar-refractivity contribution >= 4 is 25.4 Å². The molecule has 4 aliphatic heterocycles. The lowest BCUT2D eigenvalue weighted by Crippen LogP contribution is -3.00. The van der Waals surface area contributed by atoms with Crippen LogP contribution in [0.4, 0.5) is 0 Å². The van der Waals surface area contributed by atoms with Gasteiger partial charge >= 0.3 is 0 Å². The minimum Gasteiger partial charge on any atom is -1.00 e. The van der Waals surface area contributed by atoms with Crippen LogP contribution in [0.1, 0.15) is 0 Å². The standard InChI is InChI=1S/4C5H6N2.4FH/c4*1-2-7-4-3-6-5-7;;;;/h4*2-5H,1H2;4*1H. The lowest BCUT2D eigenvalue weighted by Gasteiger charge is -1.89. The van der Waals surface area contributed by atoms with E-state index in [1.54, 1.807) is 75.0 Å². The van der Waals surface area contributed by atoms with E-state index in [4.69, 9.17) is 0 Å². The van der Waals surface area contributed by atoms with Gasteiger partial charge in [-0.25, -0.2) is 39.6 Å². The molecule has 4 N–H and O–H groups in total. The summed E-state index contributed by atoms with van der Waals surface area (Å²) in [5.74, 6) is 0. The minimum atomic E-state index is 0. The molecule has 0 radical (unpaired) electrons. The van der Waals surface area contributed by atoms with Crippen LogP contribution in [0.2, 0.25) is 0 Å².